The van der Waals surface area contributed by atoms with Crippen LogP contribution in [0.2, 0.25) is 5.02 Å². The first kappa shape index (κ1) is 14.4. The maximum Gasteiger partial charge on any atom is 0.243 e. The van der Waals surface area contributed by atoms with E-state index in [9.17, 15) is 4.79 Å². The normalized spacial score (nSPS) is 10.1. The molecule has 0 aliphatic carbocycles. The number of rotatable bonds is 5. The lowest BCUT2D eigenvalue weighted by atomic mass is 10.1. The largest absolute Gasteiger partial charge is 0.376 e. The van der Waals surface area contributed by atoms with Crippen molar-refractivity contribution in [3.63, 3.8) is 0 Å². The molecule has 0 atom stereocenters. The van der Waals surface area contributed by atoms with E-state index in [-0.39, 0.29) is 12.5 Å². The van der Waals surface area contributed by atoms with Gasteiger partial charge in [0, 0.05) is 16.4 Å². The van der Waals surface area contributed by atoms with Crippen LogP contribution in [0.4, 0.5) is 11.4 Å². The highest BCUT2D eigenvalue weighted by molar-refractivity contribution is 6.30. The zero-order valence-electron chi connectivity index (χ0n) is 11.3. The molecule has 0 fully saturated rings. The molecule has 0 saturated carbocycles. The van der Waals surface area contributed by atoms with Gasteiger partial charge in [-0.25, -0.2) is 0 Å². The van der Waals surface area contributed by atoms with Gasteiger partial charge in [0.2, 0.25) is 5.91 Å². The first-order valence-electron chi connectivity index (χ1n) is 6.56. The second-order valence-electron chi connectivity index (χ2n) is 4.42. The number of hydrogen-bond donors (Lipinski definition) is 2. The Morgan fingerprint density at radius 2 is 1.80 bits per heavy atom. The van der Waals surface area contributed by atoms with E-state index in [0.29, 0.717) is 5.02 Å². The zero-order valence-corrected chi connectivity index (χ0v) is 12.1. The number of amides is 1. The van der Waals surface area contributed by atoms with Crippen molar-refractivity contribution in [1.82, 2.24) is 0 Å². The Labute approximate surface area is 124 Å². The second-order valence-corrected chi connectivity index (χ2v) is 4.86. The van der Waals surface area contributed by atoms with Gasteiger partial charge in [-0.15, -0.1) is 0 Å². The van der Waals surface area contributed by atoms with Crippen molar-refractivity contribution >= 4 is 28.9 Å². The third kappa shape index (κ3) is 4.00. The molecule has 0 aromatic heterocycles. The van der Waals surface area contributed by atoms with Crippen molar-refractivity contribution in [2.24, 2.45) is 0 Å². The number of halogens is 1. The summed E-state index contributed by atoms with van der Waals surface area (Å²) in [7, 11) is 0. The van der Waals surface area contributed by atoms with Gasteiger partial charge in [-0.05, 0) is 42.3 Å². The molecule has 0 heterocycles. The summed E-state index contributed by atoms with van der Waals surface area (Å²) < 4.78 is 0. The van der Waals surface area contributed by atoms with Crippen LogP contribution in [0.15, 0.2) is 48.5 Å². The number of para-hydroxylation sites is 1. The molecular formula is C16H17ClN2O. The lowest BCUT2D eigenvalue weighted by Crippen LogP contribution is -2.22. The van der Waals surface area contributed by atoms with Crippen molar-refractivity contribution in [2.75, 3.05) is 17.2 Å². The van der Waals surface area contributed by atoms with Crippen molar-refractivity contribution in [1.29, 1.82) is 0 Å². The topological polar surface area (TPSA) is 41.1 Å². The molecule has 0 aliphatic heterocycles. The predicted molar refractivity (Wildman–Crippen MR) is 84.4 cm³/mol. The molecule has 2 aromatic rings. The first-order chi connectivity index (χ1) is 9.69. The summed E-state index contributed by atoms with van der Waals surface area (Å²) in [6.45, 7) is 2.33. The maximum absolute atomic E-state index is 11.9. The number of carbonyl (C=O) groups excluding carboxylic acids is 1. The van der Waals surface area contributed by atoms with E-state index in [1.54, 1.807) is 24.3 Å². The second kappa shape index (κ2) is 6.96. The van der Waals surface area contributed by atoms with Crippen LogP contribution >= 0.6 is 11.6 Å². The van der Waals surface area contributed by atoms with Crippen LogP contribution < -0.4 is 10.6 Å². The van der Waals surface area contributed by atoms with E-state index in [1.807, 2.05) is 18.2 Å². The molecule has 0 bridgehead atoms. The molecule has 1 amide bonds. The molecule has 0 radical (unpaired) electrons. The number of benzene rings is 2. The number of anilines is 2. The molecule has 0 spiro atoms. The van der Waals surface area contributed by atoms with Crippen LogP contribution in [0, 0.1) is 0 Å². The van der Waals surface area contributed by atoms with Gasteiger partial charge in [0.05, 0.1) is 6.54 Å². The van der Waals surface area contributed by atoms with Gasteiger partial charge in [0.1, 0.15) is 0 Å². The first-order valence-corrected chi connectivity index (χ1v) is 6.94. The number of carbonyl (C=O) groups is 1. The third-order valence-electron chi connectivity index (χ3n) is 2.97. The average Bonchev–Trinajstić information content (AvgIpc) is 2.48. The lowest BCUT2D eigenvalue weighted by Gasteiger charge is -2.11. The van der Waals surface area contributed by atoms with Crippen molar-refractivity contribution in [2.45, 2.75) is 13.3 Å². The minimum absolute atomic E-state index is 0.0850. The fourth-order valence-electron chi connectivity index (χ4n) is 1.91. The smallest absolute Gasteiger partial charge is 0.243 e. The highest BCUT2D eigenvalue weighted by Gasteiger charge is 2.04. The molecular weight excluding hydrogens is 272 g/mol. The van der Waals surface area contributed by atoms with Gasteiger partial charge >= 0.3 is 0 Å². The van der Waals surface area contributed by atoms with E-state index < -0.39 is 0 Å². The highest BCUT2D eigenvalue weighted by Crippen LogP contribution is 2.16. The monoisotopic (exact) mass is 288 g/mol. The highest BCUT2D eigenvalue weighted by atomic mass is 35.5. The number of nitrogens with one attached hydrogen (secondary N) is 2. The van der Waals surface area contributed by atoms with Crippen LogP contribution in [-0.2, 0) is 11.2 Å². The van der Waals surface area contributed by atoms with Crippen LogP contribution in [0.25, 0.3) is 0 Å². The van der Waals surface area contributed by atoms with Gasteiger partial charge in [0.15, 0.2) is 0 Å². The minimum Gasteiger partial charge on any atom is -0.376 e. The predicted octanol–water partition coefficient (Wildman–Crippen LogP) is 3.95. The number of aryl methyl sites for hydroxylation is 1. The fourth-order valence-corrected chi connectivity index (χ4v) is 2.04. The molecule has 104 valence electrons. The van der Waals surface area contributed by atoms with Crippen molar-refractivity contribution in [3.8, 4) is 0 Å². The summed E-state index contributed by atoms with van der Waals surface area (Å²) in [5, 5.41) is 6.63. The summed E-state index contributed by atoms with van der Waals surface area (Å²) >= 11 is 5.80. The Kier molecular flexibility index (Phi) is 5.02. The van der Waals surface area contributed by atoms with E-state index in [0.717, 1.165) is 17.8 Å². The Balaban J connectivity index is 1.90. The maximum atomic E-state index is 11.9. The van der Waals surface area contributed by atoms with Crippen LogP contribution in [0.3, 0.4) is 0 Å². The van der Waals surface area contributed by atoms with Crippen LogP contribution in [-0.4, -0.2) is 12.5 Å². The molecule has 4 heteroatoms. The molecule has 0 aliphatic rings. The van der Waals surface area contributed by atoms with Gasteiger partial charge in [0.25, 0.3) is 0 Å². The van der Waals surface area contributed by atoms with Crippen molar-refractivity contribution in [3.05, 3.63) is 59.1 Å². The van der Waals surface area contributed by atoms with Gasteiger partial charge in [-0.1, -0.05) is 36.7 Å². The van der Waals surface area contributed by atoms with E-state index in [2.05, 4.69) is 23.6 Å². The van der Waals surface area contributed by atoms with E-state index in [1.165, 1.54) is 5.56 Å². The molecule has 3 nitrogen and oxygen atoms in total. The third-order valence-corrected chi connectivity index (χ3v) is 3.22. The molecule has 0 saturated heterocycles. The Bertz CT molecular complexity index is 581. The van der Waals surface area contributed by atoms with E-state index >= 15 is 0 Å². The summed E-state index contributed by atoms with van der Waals surface area (Å²) in [4.78, 5) is 11.9. The molecule has 2 N–H and O–H groups in total. The van der Waals surface area contributed by atoms with Gasteiger partial charge in [-0.2, -0.15) is 0 Å². The summed E-state index contributed by atoms with van der Waals surface area (Å²) in [5.74, 6) is -0.0850. The Morgan fingerprint density at radius 1 is 1.10 bits per heavy atom. The molecule has 2 aromatic carbocycles. The quantitative estimate of drug-likeness (QED) is 0.874. The minimum atomic E-state index is -0.0850. The summed E-state index contributed by atoms with van der Waals surface area (Å²) in [6.07, 6.45) is 0.933. The number of hydrogen-bond acceptors (Lipinski definition) is 2. The van der Waals surface area contributed by atoms with Crippen LogP contribution in [0.1, 0.15) is 12.5 Å². The van der Waals surface area contributed by atoms with E-state index in [4.69, 9.17) is 11.6 Å². The average molecular weight is 289 g/mol. The Morgan fingerprint density at radius 3 is 2.50 bits per heavy atom. The molecule has 20 heavy (non-hydrogen) atoms. The Hall–Kier alpha value is -2.00. The lowest BCUT2D eigenvalue weighted by molar-refractivity contribution is -0.114. The van der Waals surface area contributed by atoms with Gasteiger partial charge in [-0.3, -0.25) is 4.79 Å². The standard InChI is InChI=1S/C16H17ClN2O/c1-2-12-5-3-4-6-15(12)18-11-16(20)19-14-9-7-13(17)8-10-14/h3-10,18H,2,11H2,1H3,(H,19,20). The van der Waals surface area contributed by atoms with Gasteiger partial charge < -0.3 is 10.6 Å². The molecule has 2 rings (SSSR count). The zero-order chi connectivity index (χ0) is 14.4. The SMILES string of the molecule is CCc1ccccc1NCC(=O)Nc1ccc(Cl)cc1. The molecule has 0 unspecified atom stereocenters. The fraction of sp³-hybridized carbons (Fsp3) is 0.188. The van der Waals surface area contributed by atoms with Crippen molar-refractivity contribution < 1.29 is 4.79 Å². The van der Waals surface area contributed by atoms with Crippen LogP contribution in [0.5, 0.6) is 0 Å². The summed E-state index contributed by atoms with van der Waals surface area (Å²) in [5.41, 5.74) is 2.94. The summed E-state index contributed by atoms with van der Waals surface area (Å²) in [6, 6.07) is 15.0.